The van der Waals surface area contributed by atoms with Gasteiger partial charge in [-0.05, 0) is 40.5 Å². The number of carbonyl (C=O) groups is 2. The molecule has 13 nitrogen and oxygen atoms in total. The number of fused-ring (bicyclic) bond motifs is 1. The Balaban J connectivity index is 1.06. The van der Waals surface area contributed by atoms with Crippen LogP contribution in [0.5, 0.6) is 5.75 Å². The van der Waals surface area contributed by atoms with Crippen molar-refractivity contribution < 1.29 is 33.1 Å². The number of amides is 1. The topological polar surface area (TPSA) is 167 Å². The van der Waals surface area contributed by atoms with Crippen LogP contribution in [0.25, 0.3) is 11.2 Å². The van der Waals surface area contributed by atoms with Gasteiger partial charge in [0, 0.05) is 24.4 Å². The van der Waals surface area contributed by atoms with Crippen LogP contribution in [0.4, 0.5) is 5.95 Å². The summed E-state index contributed by atoms with van der Waals surface area (Å²) in [4.78, 5) is 49.6. The molecule has 0 bridgehead atoms. The molecule has 0 spiro atoms. The monoisotopic (exact) mass is 775 g/mol. The van der Waals surface area contributed by atoms with E-state index in [1.54, 1.807) is 33.1 Å². The number of H-pyrrole nitrogens is 1. The first-order valence-electron chi connectivity index (χ1n) is 18.1. The smallest absolute Gasteiger partial charge is 0.338 e. The molecule has 7 rings (SSSR count). The lowest BCUT2D eigenvalue weighted by Crippen LogP contribution is -2.28. The molecule has 1 saturated heterocycles. The fourth-order valence-electron chi connectivity index (χ4n) is 6.57. The molecule has 288 valence electrons. The predicted molar refractivity (Wildman–Crippen MR) is 211 cm³/mol. The molecule has 2 aromatic heterocycles. The van der Waals surface area contributed by atoms with Gasteiger partial charge in [0.05, 0.1) is 31.7 Å². The normalized spacial score (nSPS) is 16.9. The Morgan fingerprint density at radius 2 is 1.61 bits per heavy atom. The molecule has 3 N–H and O–H groups in total. The number of aromatic amines is 1. The van der Waals surface area contributed by atoms with Crippen LogP contribution < -0.4 is 15.6 Å². The lowest BCUT2D eigenvalue weighted by Gasteiger charge is -2.34. The number of aliphatic hydroxyl groups excluding tert-OH is 1. The molecule has 56 heavy (non-hydrogen) atoms. The molecule has 0 unspecified atom stereocenters. The SMILES string of the molecule is COc1ccc(C(SOCc2ccccc2C(=O)OC[C@H]2O[C@@H](n3cnc4c(=O)[nH]c(NC(=O)C(C)C)nc43)C[C@@H]2O)(c2ccccc2)c2ccccc2)cc1. The molecular formula is C42H41N5O8S. The zero-order valence-corrected chi connectivity index (χ0v) is 31.8. The van der Waals surface area contributed by atoms with Crippen LogP contribution >= 0.6 is 12.0 Å². The van der Waals surface area contributed by atoms with Crippen molar-refractivity contribution in [3.8, 4) is 5.75 Å². The molecule has 1 amide bonds. The molecular weight excluding hydrogens is 735 g/mol. The van der Waals surface area contributed by atoms with Gasteiger partial charge in [0.15, 0.2) is 11.2 Å². The van der Waals surface area contributed by atoms with Crippen molar-refractivity contribution in [3.05, 3.63) is 154 Å². The maximum absolute atomic E-state index is 13.6. The average Bonchev–Trinajstić information content (AvgIpc) is 3.82. The van der Waals surface area contributed by atoms with Crippen molar-refractivity contribution in [2.24, 2.45) is 5.92 Å². The summed E-state index contributed by atoms with van der Waals surface area (Å²) in [6, 6.07) is 35.2. The van der Waals surface area contributed by atoms with Crippen molar-refractivity contribution in [1.82, 2.24) is 19.5 Å². The average molecular weight is 776 g/mol. The molecule has 1 aliphatic rings. The van der Waals surface area contributed by atoms with Crippen LogP contribution in [0.15, 0.2) is 120 Å². The van der Waals surface area contributed by atoms with Crippen LogP contribution in [-0.2, 0) is 29.8 Å². The summed E-state index contributed by atoms with van der Waals surface area (Å²) >= 11 is 1.30. The number of rotatable bonds is 14. The summed E-state index contributed by atoms with van der Waals surface area (Å²) in [5.41, 5.74) is 3.60. The summed E-state index contributed by atoms with van der Waals surface area (Å²) in [7, 11) is 1.63. The van der Waals surface area contributed by atoms with Crippen LogP contribution in [0.1, 0.15) is 59.1 Å². The predicted octanol–water partition coefficient (Wildman–Crippen LogP) is 6.39. The number of aliphatic hydroxyl groups is 1. The zero-order valence-electron chi connectivity index (χ0n) is 31.0. The molecule has 1 fully saturated rings. The quantitative estimate of drug-likeness (QED) is 0.0638. The number of ether oxygens (including phenoxy) is 3. The number of nitrogens with zero attached hydrogens (tertiary/aromatic N) is 3. The largest absolute Gasteiger partial charge is 0.497 e. The molecule has 3 atom stereocenters. The Hall–Kier alpha value is -5.80. The second kappa shape index (κ2) is 16.9. The number of benzene rings is 4. The van der Waals surface area contributed by atoms with E-state index in [1.165, 1.54) is 22.9 Å². The number of nitrogens with one attached hydrogen (secondary N) is 2. The Morgan fingerprint density at radius 1 is 0.964 bits per heavy atom. The first-order valence-corrected chi connectivity index (χ1v) is 18.8. The van der Waals surface area contributed by atoms with E-state index >= 15 is 0 Å². The van der Waals surface area contributed by atoms with Gasteiger partial charge in [0.2, 0.25) is 11.9 Å². The van der Waals surface area contributed by atoms with Gasteiger partial charge in [-0.25, -0.2) is 9.78 Å². The minimum Gasteiger partial charge on any atom is -0.497 e. The van der Waals surface area contributed by atoms with Crippen molar-refractivity contribution in [3.63, 3.8) is 0 Å². The highest BCUT2D eigenvalue weighted by Crippen LogP contribution is 2.49. The molecule has 4 aromatic carbocycles. The van der Waals surface area contributed by atoms with Crippen molar-refractivity contribution in [2.45, 2.75) is 50.1 Å². The fraction of sp³-hybridized carbons (Fsp3) is 0.262. The highest BCUT2D eigenvalue weighted by atomic mass is 32.2. The van der Waals surface area contributed by atoms with Crippen LogP contribution in [0.2, 0.25) is 0 Å². The Labute approximate surface area is 327 Å². The Bertz CT molecular complexity index is 2310. The summed E-state index contributed by atoms with van der Waals surface area (Å²) in [5, 5.41) is 13.5. The zero-order chi connectivity index (χ0) is 39.2. The Morgan fingerprint density at radius 3 is 2.27 bits per heavy atom. The van der Waals surface area contributed by atoms with Gasteiger partial charge >= 0.3 is 5.97 Å². The summed E-state index contributed by atoms with van der Waals surface area (Å²) in [6.45, 7) is 3.28. The highest BCUT2D eigenvalue weighted by molar-refractivity contribution is 7.96. The summed E-state index contributed by atoms with van der Waals surface area (Å²) in [5.74, 6) is -0.548. The van der Waals surface area contributed by atoms with Gasteiger partial charge in [-0.15, -0.1) is 0 Å². The minimum absolute atomic E-state index is 0.0282. The second-order valence-corrected chi connectivity index (χ2v) is 14.6. The lowest BCUT2D eigenvalue weighted by molar-refractivity contribution is -0.118. The number of hydrogen-bond acceptors (Lipinski definition) is 11. The van der Waals surface area contributed by atoms with Gasteiger partial charge in [0.1, 0.15) is 29.4 Å². The number of methoxy groups -OCH3 is 1. The molecule has 14 heteroatoms. The third kappa shape index (κ3) is 7.95. The van der Waals surface area contributed by atoms with Gasteiger partial charge < -0.3 is 23.5 Å². The third-order valence-electron chi connectivity index (χ3n) is 9.58. The number of imidazole rings is 1. The molecule has 3 heterocycles. The maximum Gasteiger partial charge on any atom is 0.338 e. The third-order valence-corrected chi connectivity index (χ3v) is 10.8. The van der Waals surface area contributed by atoms with E-state index in [2.05, 4.69) is 44.5 Å². The van der Waals surface area contributed by atoms with Gasteiger partial charge in [-0.2, -0.15) is 4.98 Å². The number of anilines is 1. The maximum atomic E-state index is 13.6. The van der Waals surface area contributed by atoms with Crippen LogP contribution in [0, 0.1) is 5.92 Å². The molecule has 6 aromatic rings. The van der Waals surface area contributed by atoms with Crippen LogP contribution in [0.3, 0.4) is 0 Å². The van der Waals surface area contributed by atoms with Crippen LogP contribution in [-0.4, -0.2) is 62.4 Å². The second-order valence-electron chi connectivity index (χ2n) is 13.6. The Kier molecular flexibility index (Phi) is 11.6. The summed E-state index contributed by atoms with van der Waals surface area (Å²) in [6.07, 6.45) is -1.12. The molecule has 0 aliphatic carbocycles. The number of esters is 1. The van der Waals surface area contributed by atoms with E-state index in [0.29, 0.717) is 11.1 Å². The minimum atomic E-state index is -0.996. The molecule has 0 radical (unpaired) electrons. The van der Waals surface area contributed by atoms with Gasteiger partial charge in [-0.3, -0.25) is 24.5 Å². The van der Waals surface area contributed by atoms with Gasteiger partial charge in [0.25, 0.3) is 5.56 Å². The van der Waals surface area contributed by atoms with E-state index in [1.807, 2.05) is 72.8 Å². The number of hydrogen-bond donors (Lipinski definition) is 3. The first kappa shape index (κ1) is 38.5. The van der Waals surface area contributed by atoms with Crippen molar-refractivity contribution in [1.29, 1.82) is 0 Å². The van der Waals surface area contributed by atoms with E-state index in [4.69, 9.17) is 18.4 Å². The van der Waals surface area contributed by atoms with E-state index < -0.39 is 34.7 Å². The lowest BCUT2D eigenvalue weighted by atomic mass is 9.84. The number of aromatic nitrogens is 4. The number of carbonyl (C=O) groups excluding carboxylic acids is 2. The fourth-order valence-corrected chi connectivity index (χ4v) is 7.63. The summed E-state index contributed by atoms with van der Waals surface area (Å²) < 4.78 is 24.5. The van der Waals surface area contributed by atoms with E-state index in [9.17, 15) is 19.5 Å². The van der Waals surface area contributed by atoms with Gasteiger partial charge in [-0.1, -0.05) is 105 Å². The highest BCUT2D eigenvalue weighted by Gasteiger charge is 2.39. The van der Waals surface area contributed by atoms with E-state index in [-0.39, 0.29) is 48.6 Å². The van der Waals surface area contributed by atoms with Crippen molar-refractivity contribution >= 4 is 41.0 Å². The van der Waals surface area contributed by atoms with E-state index in [0.717, 1.165) is 22.4 Å². The first-order chi connectivity index (χ1) is 27.2. The van der Waals surface area contributed by atoms with Crippen molar-refractivity contribution in [2.75, 3.05) is 19.0 Å². The molecule has 1 aliphatic heterocycles. The standard InChI is InChI=1S/C42H41N5O8S/c1-26(2)38(49)45-41-44-37-36(39(50)46-41)43-25-47(37)35-22-33(48)34(55-35)24-53-40(51)32-17-11-10-12-27(32)23-54-56-42(28-13-6-4-7-14-28,29-15-8-5-9-16-29)30-18-20-31(52-3)21-19-30/h4-21,25-26,33-35,48H,22-24H2,1-3H3,(H2,44,45,46,49,50)/t33-,34+,35+/m0/s1. The molecule has 0 saturated carbocycles.